The minimum absolute atomic E-state index is 0.0703. The van der Waals surface area contributed by atoms with Crippen LogP contribution in [0.15, 0.2) is 53.0 Å². The fourth-order valence-electron chi connectivity index (χ4n) is 2.70. The Balaban J connectivity index is 1.69. The summed E-state index contributed by atoms with van der Waals surface area (Å²) in [6.07, 6.45) is -1.25. The van der Waals surface area contributed by atoms with Crippen molar-refractivity contribution in [2.75, 3.05) is 12.8 Å². The summed E-state index contributed by atoms with van der Waals surface area (Å²) in [5, 5.41) is 15.4. The second-order valence-electron chi connectivity index (χ2n) is 6.17. The topological polar surface area (TPSA) is 115 Å². The van der Waals surface area contributed by atoms with E-state index in [9.17, 15) is 14.4 Å². The lowest BCUT2D eigenvalue weighted by atomic mass is 10.1. The second kappa shape index (κ2) is 10.7. The van der Waals surface area contributed by atoms with Crippen LogP contribution in [0.5, 0.6) is 0 Å². The van der Waals surface area contributed by atoms with E-state index in [1.54, 1.807) is 41.7 Å². The summed E-state index contributed by atoms with van der Waals surface area (Å²) in [5.74, 6) is -0.686. The number of amides is 3. The SMILES string of the molecule is CCn1c(SCC(=O)OC(C(=O)NC(=O)NC)c2ccccc2)nnc1-c1cccs1. The van der Waals surface area contributed by atoms with Crippen molar-refractivity contribution in [3.63, 3.8) is 0 Å². The van der Waals surface area contributed by atoms with E-state index in [4.69, 9.17) is 4.74 Å². The Morgan fingerprint density at radius 1 is 1.16 bits per heavy atom. The van der Waals surface area contributed by atoms with Crippen molar-refractivity contribution in [1.29, 1.82) is 0 Å². The lowest BCUT2D eigenvalue weighted by Crippen LogP contribution is -2.41. The van der Waals surface area contributed by atoms with Gasteiger partial charge in [0.2, 0.25) is 6.10 Å². The Bertz CT molecular complexity index is 1040. The summed E-state index contributed by atoms with van der Waals surface area (Å²) in [4.78, 5) is 37.5. The molecule has 11 heteroatoms. The van der Waals surface area contributed by atoms with Crippen molar-refractivity contribution in [2.45, 2.75) is 24.7 Å². The molecule has 162 valence electrons. The quantitative estimate of drug-likeness (QED) is 0.393. The fourth-order valence-corrected chi connectivity index (χ4v) is 4.20. The standard InChI is InChI=1S/C20H21N5O4S2/c1-3-25-17(14-10-7-11-30-14)23-24-20(25)31-12-15(26)29-16(13-8-5-4-6-9-13)18(27)22-19(28)21-2/h4-11,16H,3,12H2,1-2H3,(H2,21,22,27,28). The Kier molecular flexibility index (Phi) is 7.79. The molecule has 0 saturated heterocycles. The molecule has 1 aromatic carbocycles. The molecule has 0 radical (unpaired) electrons. The van der Waals surface area contributed by atoms with E-state index in [1.807, 2.05) is 29.0 Å². The molecule has 0 saturated carbocycles. The lowest BCUT2D eigenvalue weighted by Gasteiger charge is -2.17. The van der Waals surface area contributed by atoms with Gasteiger partial charge in [-0.2, -0.15) is 0 Å². The number of imide groups is 1. The van der Waals surface area contributed by atoms with E-state index in [-0.39, 0.29) is 5.75 Å². The van der Waals surface area contributed by atoms with Gasteiger partial charge in [0, 0.05) is 19.2 Å². The van der Waals surface area contributed by atoms with Gasteiger partial charge in [-0.25, -0.2) is 4.79 Å². The number of ether oxygens (including phenoxy) is 1. The van der Waals surface area contributed by atoms with Gasteiger partial charge in [0.05, 0.1) is 10.6 Å². The zero-order chi connectivity index (χ0) is 22.2. The zero-order valence-electron chi connectivity index (χ0n) is 16.9. The highest BCUT2D eigenvalue weighted by atomic mass is 32.2. The van der Waals surface area contributed by atoms with Gasteiger partial charge in [0.1, 0.15) is 0 Å². The number of aromatic nitrogens is 3. The molecule has 2 aromatic heterocycles. The maximum absolute atomic E-state index is 12.5. The minimum Gasteiger partial charge on any atom is -0.447 e. The highest BCUT2D eigenvalue weighted by molar-refractivity contribution is 7.99. The van der Waals surface area contributed by atoms with Gasteiger partial charge < -0.3 is 14.6 Å². The van der Waals surface area contributed by atoms with Crippen LogP contribution in [0.3, 0.4) is 0 Å². The van der Waals surface area contributed by atoms with Crippen LogP contribution in [0.2, 0.25) is 0 Å². The molecule has 0 aliphatic heterocycles. The van der Waals surface area contributed by atoms with Crippen LogP contribution in [0.4, 0.5) is 4.79 Å². The van der Waals surface area contributed by atoms with Crippen LogP contribution in [-0.2, 0) is 20.9 Å². The summed E-state index contributed by atoms with van der Waals surface area (Å²) in [7, 11) is 1.39. The molecule has 0 bridgehead atoms. The Labute approximate surface area is 187 Å². The van der Waals surface area contributed by atoms with Crippen molar-refractivity contribution in [3.8, 4) is 10.7 Å². The van der Waals surface area contributed by atoms with Crippen LogP contribution in [0, 0.1) is 0 Å². The minimum atomic E-state index is -1.25. The van der Waals surface area contributed by atoms with Crippen LogP contribution in [0.25, 0.3) is 10.7 Å². The number of thiophene rings is 1. The highest BCUT2D eigenvalue weighted by Gasteiger charge is 2.26. The molecule has 1 atom stereocenters. The predicted octanol–water partition coefficient (Wildman–Crippen LogP) is 2.86. The molecule has 0 spiro atoms. The van der Waals surface area contributed by atoms with E-state index in [0.717, 1.165) is 10.7 Å². The number of nitrogens with zero attached hydrogens (tertiary/aromatic N) is 3. The molecule has 2 N–H and O–H groups in total. The molecule has 3 aromatic rings. The van der Waals surface area contributed by atoms with E-state index in [2.05, 4.69) is 20.8 Å². The third-order valence-electron chi connectivity index (χ3n) is 4.15. The van der Waals surface area contributed by atoms with E-state index in [0.29, 0.717) is 17.3 Å². The van der Waals surface area contributed by atoms with Gasteiger partial charge in [-0.15, -0.1) is 21.5 Å². The Morgan fingerprint density at radius 3 is 2.58 bits per heavy atom. The molecule has 0 aliphatic rings. The molecule has 1 unspecified atom stereocenters. The van der Waals surface area contributed by atoms with Gasteiger partial charge in [-0.3, -0.25) is 14.9 Å². The summed E-state index contributed by atoms with van der Waals surface area (Å²) in [5.41, 5.74) is 0.457. The van der Waals surface area contributed by atoms with Crippen molar-refractivity contribution in [2.24, 2.45) is 0 Å². The van der Waals surface area contributed by atoms with Gasteiger partial charge >= 0.3 is 12.0 Å². The first-order valence-electron chi connectivity index (χ1n) is 9.40. The van der Waals surface area contributed by atoms with Gasteiger partial charge in [-0.1, -0.05) is 48.2 Å². The third kappa shape index (κ3) is 5.70. The smallest absolute Gasteiger partial charge is 0.321 e. The molecule has 3 amide bonds. The number of nitrogens with one attached hydrogen (secondary N) is 2. The van der Waals surface area contributed by atoms with Gasteiger partial charge in [0.15, 0.2) is 11.0 Å². The number of carbonyl (C=O) groups is 3. The van der Waals surface area contributed by atoms with Crippen LogP contribution < -0.4 is 10.6 Å². The van der Waals surface area contributed by atoms with E-state index in [1.165, 1.54) is 18.8 Å². The molecule has 0 fully saturated rings. The average molecular weight is 460 g/mol. The number of esters is 1. The van der Waals surface area contributed by atoms with Crippen molar-refractivity contribution < 1.29 is 19.1 Å². The van der Waals surface area contributed by atoms with Crippen molar-refractivity contribution >= 4 is 41.0 Å². The largest absolute Gasteiger partial charge is 0.447 e. The van der Waals surface area contributed by atoms with Gasteiger partial charge in [-0.05, 0) is 18.4 Å². The van der Waals surface area contributed by atoms with Crippen LogP contribution in [-0.4, -0.2) is 45.5 Å². The molecule has 2 heterocycles. The summed E-state index contributed by atoms with van der Waals surface area (Å²) >= 11 is 2.73. The lowest BCUT2D eigenvalue weighted by molar-refractivity contribution is -0.153. The predicted molar refractivity (Wildman–Crippen MR) is 118 cm³/mol. The van der Waals surface area contributed by atoms with Crippen LogP contribution >= 0.6 is 23.1 Å². The first-order chi connectivity index (χ1) is 15.0. The first-order valence-corrected chi connectivity index (χ1v) is 11.3. The maximum atomic E-state index is 12.5. The van der Waals surface area contributed by atoms with Crippen LogP contribution in [0.1, 0.15) is 18.6 Å². The monoisotopic (exact) mass is 459 g/mol. The summed E-state index contributed by atoms with van der Waals surface area (Å²) in [6.45, 7) is 2.61. The number of hydrogen-bond acceptors (Lipinski definition) is 8. The Hall–Kier alpha value is -3.18. The molecule has 0 aliphatic carbocycles. The molecular weight excluding hydrogens is 438 g/mol. The first kappa shape index (κ1) is 22.5. The number of carbonyl (C=O) groups excluding carboxylic acids is 3. The fraction of sp³-hybridized carbons (Fsp3) is 0.250. The summed E-state index contributed by atoms with van der Waals surface area (Å²) in [6, 6.07) is 11.7. The number of hydrogen-bond donors (Lipinski definition) is 2. The number of benzene rings is 1. The molecule has 3 rings (SSSR count). The number of urea groups is 1. The Morgan fingerprint density at radius 2 is 1.94 bits per heavy atom. The molecular formula is C20H21N5O4S2. The van der Waals surface area contributed by atoms with Gasteiger partial charge in [0.25, 0.3) is 5.91 Å². The molecule has 9 nitrogen and oxygen atoms in total. The number of rotatable bonds is 8. The average Bonchev–Trinajstić information content (AvgIpc) is 3.45. The molecule has 31 heavy (non-hydrogen) atoms. The van der Waals surface area contributed by atoms with Crippen molar-refractivity contribution in [1.82, 2.24) is 25.4 Å². The van der Waals surface area contributed by atoms with E-state index < -0.39 is 24.0 Å². The third-order valence-corrected chi connectivity index (χ3v) is 5.95. The maximum Gasteiger partial charge on any atom is 0.321 e. The second-order valence-corrected chi connectivity index (χ2v) is 8.06. The highest BCUT2D eigenvalue weighted by Crippen LogP contribution is 2.27. The number of thioether (sulfide) groups is 1. The van der Waals surface area contributed by atoms with Crippen molar-refractivity contribution in [3.05, 3.63) is 53.4 Å². The normalized spacial score (nSPS) is 11.5. The zero-order valence-corrected chi connectivity index (χ0v) is 18.5. The van der Waals surface area contributed by atoms with E-state index >= 15 is 0 Å². The summed E-state index contributed by atoms with van der Waals surface area (Å²) < 4.78 is 7.32.